The van der Waals surface area contributed by atoms with Crippen LogP contribution in [0.1, 0.15) is 24.0 Å². The van der Waals surface area contributed by atoms with Gasteiger partial charge in [0.15, 0.2) is 5.96 Å². The Morgan fingerprint density at radius 3 is 3.00 bits per heavy atom. The molecule has 24 heavy (non-hydrogen) atoms. The van der Waals surface area contributed by atoms with Crippen molar-refractivity contribution in [2.45, 2.75) is 26.2 Å². The standard InChI is InChI=1S/C19H29N3O2/c1-15-4-5-16(12-17(15)23-3)6-9-21-18(20-2)22-10-7-19(13-22)8-11-24-14-19/h4-5,12H,6-11,13-14H2,1-3H3,(H,20,21). The Kier molecular flexibility index (Phi) is 5.29. The molecule has 0 amide bonds. The van der Waals surface area contributed by atoms with Crippen molar-refractivity contribution in [2.24, 2.45) is 10.4 Å². The first kappa shape index (κ1) is 17.1. The van der Waals surface area contributed by atoms with Crippen LogP contribution in [0.3, 0.4) is 0 Å². The Hall–Kier alpha value is -1.75. The first-order chi connectivity index (χ1) is 11.7. The van der Waals surface area contributed by atoms with Crippen LogP contribution in [0, 0.1) is 12.3 Å². The normalized spacial score (nSPS) is 24.0. The number of likely N-dealkylation sites (tertiary alicyclic amines) is 1. The number of hydrogen-bond donors (Lipinski definition) is 1. The third-order valence-corrected chi connectivity index (χ3v) is 5.30. The summed E-state index contributed by atoms with van der Waals surface area (Å²) in [6, 6.07) is 6.41. The first-order valence-corrected chi connectivity index (χ1v) is 8.83. The van der Waals surface area contributed by atoms with E-state index in [-0.39, 0.29) is 0 Å². The molecule has 132 valence electrons. The van der Waals surface area contributed by atoms with Gasteiger partial charge in [0.1, 0.15) is 5.75 Å². The van der Waals surface area contributed by atoms with Crippen LogP contribution in [0.25, 0.3) is 0 Å². The minimum Gasteiger partial charge on any atom is -0.496 e. The zero-order valence-electron chi connectivity index (χ0n) is 15.1. The van der Waals surface area contributed by atoms with Crippen molar-refractivity contribution in [1.82, 2.24) is 10.2 Å². The topological polar surface area (TPSA) is 46.1 Å². The van der Waals surface area contributed by atoms with Crippen molar-refractivity contribution >= 4 is 5.96 Å². The van der Waals surface area contributed by atoms with Gasteiger partial charge < -0.3 is 19.7 Å². The molecule has 2 fully saturated rings. The maximum Gasteiger partial charge on any atom is 0.193 e. The van der Waals surface area contributed by atoms with E-state index in [2.05, 4.69) is 40.3 Å². The highest BCUT2D eigenvalue weighted by atomic mass is 16.5. The number of nitrogens with zero attached hydrogens (tertiary/aromatic N) is 2. The van der Waals surface area contributed by atoms with Crippen molar-refractivity contribution in [3.63, 3.8) is 0 Å². The fraction of sp³-hybridized carbons (Fsp3) is 0.632. The maximum atomic E-state index is 5.62. The second kappa shape index (κ2) is 7.43. The lowest BCUT2D eigenvalue weighted by Crippen LogP contribution is -2.42. The summed E-state index contributed by atoms with van der Waals surface area (Å²) in [4.78, 5) is 6.85. The lowest BCUT2D eigenvalue weighted by molar-refractivity contribution is 0.156. The van der Waals surface area contributed by atoms with Crippen LogP contribution < -0.4 is 10.1 Å². The number of ether oxygens (including phenoxy) is 2. The van der Waals surface area contributed by atoms with Gasteiger partial charge in [-0.25, -0.2) is 0 Å². The summed E-state index contributed by atoms with van der Waals surface area (Å²) in [6.07, 6.45) is 3.35. The molecule has 0 aliphatic carbocycles. The Morgan fingerprint density at radius 2 is 2.29 bits per heavy atom. The molecular formula is C19H29N3O2. The van der Waals surface area contributed by atoms with Gasteiger partial charge in [-0.05, 0) is 43.4 Å². The lowest BCUT2D eigenvalue weighted by Gasteiger charge is -2.25. The van der Waals surface area contributed by atoms with E-state index in [1.165, 1.54) is 24.0 Å². The summed E-state index contributed by atoms with van der Waals surface area (Å²) < 4.78 is 11.0. The molecule has 3 rings (SSSR count). The van der Waals surface area contributed by atoms with E-state index in [9.17, 15) is 0 Å². The third kappa shape index (κ3) is 3.66. The molecule has 1 aromatic rings. The summed E-state index contributed by atoms with van der Waals surface area (Å²) in [5.41, 5.74) is 2.82. The molecule has 1 spiro atoms. The van der Waals surface area contributed by atoms with E-state index in [1.807, 2.05) is 7.05 Å². The van der Waals surface area contributed by atoms with Crippen molar-refractivity contribution < 1.29 is 9.47 Å². The molecule has 1 atom stereocenters. The second-order valence-corrected chi connectivity index (χ2v) is 7.00. The molecule has 2 aliphatic heterocycles. The largest absolute Gasteiger partial charge is 0.496 e. The number of rotatable bonds is 4. The van der Waals surface area contributed by atoms with Gasteiger partial charge in [0.25, 0.3) is 0 Å². The molecular weight excluding hydrogens is 302 g/mol. The summed E-state index contributed by atoms with van der Waals surface area (Å²) >= 11 is 0. The third-order valence-electron chi connectivity index (χ3n) is 5.30. The molecule has 2 aliphatic rings. The molecule has 1 N–H and O–H groups in total. The highest BCUT2D eigenvalue weighted by molar-refractivity contribution is 5.80. The van der Waals surface area contributed by atoms with E-state index in [4.69, 9.17) is 9.47 Å². The monoisotopic (exact) mass is 331 g/mol. The highest BCUT2D eigenvalue weighted by Crippen LogP contribution is 2.38. The number of aliphatic imine (C=N–C) groups is 1. The van der Waals surface area contributed by atoms with Gasteiger partial charge in [0.05, 0.1) is 13.7 Å². The predicted octanol–water partition coefficient (Wildman–Crippen LogP) is 2.23. The molecule has 2 saturated heterocycles. The van der Waals surface area contributed by atoms with Gasteiger partial charge in [-0.15, -0.1) is 0 Å². The van der Waals surface area contributed by atoms with Crippen molar-refractivity contribution in [1.29, 1.82) is 0 Å². The van der Waals surface area contributed by atoms with E-state index >= 15 is 0 Å². The fourth-order valence-corrected chi connectivity index (χ4v) is 3.76. The van der Waals surface area contributed by atoms with Gasteiger partial charge in [0.2, 0.25) is 0 Å². The summed E-state index contributed by atoms with van der Waals surface area (Å²) in [6.45, 7) is 6.89. The van der Waals surface area contributed by atoms with E-state index in [0.29, 0.717) is 5.41 Å². The second-order valence-electron chi connectivity index (χ2n) is 7.00. The number of nitrogens with one attached hydrogen (secondary N) is 1. The van der Waals surface area contributed by atoms with E-state index in [0.717, 1.165) is 51.0 Å². The van der Waals surface area contributed by atoms with Crippen molar-refractivity contribution in [3.8, 4) is 5.75 Å². The number of hydrogen-bond acceptors (Lipinski definition) is 3. The number of benzene rings is 1. The van der Waals surface area contributed by atoms with Crippen LogP contribution in [0.5, 0.6) is 5.75 Å². The summed E-state index contributed by atoms with van der Waals surface area (Å²) in [7, 11) is 3.59. The quantitative estimate of drug-likeness (QED) is 0.679. The Bertz CT molecular complexity index is 594. The molecule has 0 saturated carbocycles. The Balaban J connectivity index is 1.52. The molecule has 2 heterocycles. The van der Waals surface area contributed by atoms with Gasteiger partial charge in [-0.1, -0.05) is 12.1 Å². The van der Waals surface area contributed by atoms with Gasteiger partial charge in [-0.2, -0.15) is 0 Å². The predicted molar refractivity (Wildman–Crippen MR) is 96.9 cm³/mol. The maximum absolute atomic E-state index is 5.62. The summed E-state index contributed by atoms with van der Waals surface area (Å²) in [5.74, 6) is 1.97. The Labute approximate surface area is 145 Å². The van der Waals surface area contributed by atoms with E-state index in [1.54, 1.807) is 7.11 Å². The molecule has 1 unspecified atom stereocenters. The molecule has 0 aromatic heterocycles. The number of guanidine groups is 1. The molecule has 1 aromatic carbocycles. The number of methoxy groups -OCH3 is 1. The zero-order valence-corrected chi connectivity index (χ0v) is 15.1. The van der Waals surface area contributed by atoms with Crippen LogP contribution >= 0.6 is 0 Å². The Morgan fingerprint density at radius 1 is 1.42 bits per heavy atom. The molecule has 0 bridgehead atoms. The van der Waals surface area contributed by atoms with Crippen LogP contribution in [0.2, 0.25) is 0 Å². The average molecular weight is 331 g/mol. The van der Waals surface area contributed by atoms with Gasteiger partial charge in [-0.3, -0.25) is 4.99 Å². The van der Waals surface area contributed by atoms with Crippen LogP contribution in [0.4, 0.5) is 0 Å². The minimum atomic E-state index is 0.363. The van der Waals surface area contributed by atoms with Crippen molar-refractivity contribution in [3.05, 3.63) is 29.3 Å². The van der Waals surface area contributed by atoms with Crippen molar-refractivity contribution in [2.75, 3.05) is 47.0 Å². The highest BCUT2D eigenvalue weighted by Gasteiger charge is 2.42. The fourth-order valence-electron chi connectivity index (χ4n) is 3.76. The molecule has 5 heteroatoms. The number of aryl methyl sites for hydroxylation is 1. The summed E-state index contributed by atoms with van der Waals surface area (Å²) in [5, 5.41) is 3.51. The van der Waals surface area contributed by atoms with Gasteiger partial charge >= 0.3 is 0 Å². The van der Waals surface area contributed by atoms with Crippen LogP contribution in [0.15, 0.2) is 23.2 Å². The van der Waals surface area contributed by atoms with Crippen LogP contribution in [-0.4, -0.2) is 57.9 Å². The smallest absolute Gasteiger partial charge is 0.193 e. The zero-order chi connectivity index (χ0) is 17.0. The van der Waals surface area contributed by atoms with Crippen LogP contribution in [-0.2, 0) is 11.2 Å². The first-order valence-electron chi connectivity index (χ1n) is 8.83. The minimum absolute atomic E-state index is 0.363. The lowest BCUT2D eigenvalue weighted by atomic mass is 9.87. The SMILES string of the molecule is CN=C(NCCc1ccc(C)c(OC)c1)N1CCC2(CCOC2)C1. The average Bonchev–Trinajstić information content (AvgIpc) is 3.23. The molecule has 5 nitrogen and oxygen atoms in total. The molecule has 0 radical (unpaired) electrons. The van der Waals surface area contributed by atoms with Gasteiger partial charge in [0, 0.05) is 38.7 Å². The van der Waals surface area contributed by atoms with E-state index < -0.39 is 0 Å².